The number of aromatic amines is 1. The van der Waals surface area contributed by atoms with E-state index in [2.05, 4.69) is 29.6 Å². The Balaban J connectivity index is 2.30. The van der Waals surface area contributed by atoms with Gasteiger partial charge in [-0.1, -0.05) is 18.2 Å². The molecule has 0 bridgehead atoms. The monoisotopic (exact) mass is 195 g/mol. The summed E-state index contributed by atoms with van der Waals surface area (Å²) in [6, 6.07) is 10.6. The van der Waals surface area contributed by atoms with E-state index in [0.29, 0.717) is 0 Å². The molecule has 73 valence electrons. The number of nitriles is 1. The highest BCUT2D eigenvalue weighted by atomic mass is 14.7. The Bertz CT molecular complexity index is 545. The number of hydrogen-bond donors (Lipinski definition) is 1. The van der Waals surface area contributed by atoms with Crippen LogP contribution >= 0.6 is 0 Å². The summed E-state index contributed by atoms with van der Waals surface area (Å²) in [7, 11) is 0. The van der Waals surface area contributed by atoms with E-state index in [1.54, 1.807) is 0 Å². The van der Waals surface area contributed by atoms with E-state index in [9.17, 15) is 0 Å². The molecule has 0 spiro atoms. The summed E-state index contributed by atoms with van der Waals surface area (Å²) in [6.45, 7) is 0. The molecule has 15 heavy (non-hydrogen) atoms. The SMILES string of the molecule is N#CC1C[CH]Cc2c1[nH]c1ccccc21. The zero-order chi connectivity index (χ0) is 10.3. The van der Waals surface area contributed by atoms with Crippen molar-refractivity contribution < 1.29 is 0 Å². The Kier molecular flexibility index (Phi) is 1.78. The van der Waals surface area contributed by atoms with E-state index in [1.807, 2.05) is 12.1 Å². The lowest BCUT2D eigenvalue weighted by molar-refractivity contribution is 0.741. The molecule has 1 aromatic heterocycles. The highest BCUT2D eigenvalue weighted by Crippen LogP contribution is 2.34. The molecule has 3 rings (SSSR count). The summed E-state index contributed by atoms with van der Waals surface area (Å²) >= 11 is 0. The first-order valence-corrected chi connectivity index (χ1v) is 5.21. The van der Waals surface area contributed by atoms with Crippen LogP contribution in [0, 0.1) is 17.8 Å². The number of nitrogens with zero attached hydrogens (tertiary/aromatic N) is 1. The second-order valence-corrected chi connectivity index (χ2v) is 3.97. The molecule has 1 aromatic carbocycles. The van der Waals surface area contributed by atoms with Gasteiger partial charge >= 0.3 is 0 Å². The molecule has 2 heteroatoms. The van der Waals surface area contributed by atoms with Crippen LogP contribution in [0.5, 0.6) is 0 Å². The van der Waals surface area contributed by atoms with E-state index in [0.717, 1.165) is 24.1 Å². The largest absolute Gasteiger partial charge is 0.357 e. The van der Waals surface area contributed by atoms with Gasteiger partial charge in [-0.3, -0.25) is 0 Å². The van der Waals surface area contributed by atoms with Gasteiger partial charge in [-0.25, -0.2) is 0 Å². The molecule has 1 unspecified atom stereocenters. The molecular weight excluding hydrogens is 184 g/mol. The topological polar surface area (TPSA) is 39.6 Å². The normalized spacial score (nSPS) is 19.8. The number of rotatable bonds is 0. The van der Waals surface area contributed by atoms with Crippen LogP contribution in [0.3, 0.4) is 0 Å². The van der Waals surface area contributed by atoms with Crippen molar-refractivity contribution in [1.29, 1.82) is 5.26 Å². The van der Waals surface area contributed by atoms with Crippen molar-refractivity contribution in [2.75, 3.05) is 0 Å². The van der Waals surface area contributed by atoms with Crippen LogP contribution < -0.4 is 0 Å². The molecule has 1 aliphatic carbocycles. The summed E-state index contributed by atoms with van der Waals surface area (Å²) in [5.41, 5.74) is 3.59. The van der Waals surface area contributed by atoms with Crippen molar-refractivity contribution in [3.63, 3.8) is 0 Å². The molecule has 0 saturated heterocycles. The van der Waals surface area contributed by atoms with Crippen molar-refractivity contribution in [2.45, 2.75) is 18.8 Å². The molecule has 2 aromatic rings. The molecule has 0 saturated carbocycles. The molecule has 1 N–H and O–H groups in total. The molecule has 1 aliphatic rings. The molecule has 1 atom stereocenters. The van der Waals surface area contributed by atoms with Gasteiger partial charge in [-0.05, 0) is 30.9 Å². The van der Waals surface area contributed by atoms with Gasteiger partial charge in [-0.15, -0.1) is 0 Å². The third kappa shape index (κ3) is 1.16. The minimum Gasteiger partial charge on any atom is -0.357 e. The van der Waals surface area contributed by atoms with E-state index in [1.165, 1.54) is 10.9 Å². The Morgan fingerprint density at radius 1 is 1.33 bits per heavy atom. The molecule has 0 fully saturated rings. The third-order valence-corrected chi connectivity index (χ3v) is 3.10. The number of aromatic nitrogens is 1. The predicted octanol–water partition coefficient (Wildman–Crippen LogP) is 2.93. The van der Waals surface area contributed by atoms with Gasteiger partial charge in [0.1, 0.15) is 0 Å². The van der Waals surface area contributed by atoms with Crippen LogP contribution in [-0.4, -0.2) is 4.98 Å². The van der Waals surface area contributed by atoms with Crippen molar-refractivity contribution in [3.05, 3.63) is 41.9 Å². The van der Waals surface area contributed by atoms with Crippen LogP contribution in [-0.2, 0) is 6.42 Å². The smallest absolute Gasteiger partial charge is 0.0868 e. The van der Waals surface area contributed by atoms with Gasteiger partial charge in [-0.2, -0.15) is 5.26 Å². The van der Waals surface area contributed by atoms with Crippen molar-refractivity contribution >= 4 is 10.9 Å². The van der Waals surface area contributed by atoms with Gasteiger partial charge in [0, 0.05) is 16.6 Å². The lowest BCUT2D eigenvalue weighted by Gasteiger charge is -2.15. The minimum atomic E-state index is 0.0150. The van der Waals surface area contributed by atoms with Crippen molar-refractivity contribution in [1.82, 2.24) is 4.98 Å². The first-order chi connectivity index (χ1) is 7.40. The summed E-state index contributed by atoms with van der Waals surface area (Å²) in [5, 5.41) is 10.3. The maximum atomic E-state index is 9.07. The average Bonchev–Trinajstić information content (AvgIpc) is 2.67. The highest BCUT2D eigenvalue weighted by molar-refractivity contribution is 5.85. The minimum absolute atomic E-state index is 0.0150. The van der Waals surface area contributed by atoms with Gasteiger partial charge in [0.25, 0.3) is 0 Å². The molecule has 1 heterocycles. The summed E-state index contributed by atoms with van der Waals surface area (Å²) in [5.74, 6) is 0.0150. The Labute approximate surface area is 88.5 Å². The van der Waals surface area contributed by atoms with Crippen LogP contribution in [0.1, 0.15) is 23.6 Å². The number of H-pyrrole nitrogens is 1. The van der Waals surface area contributed by atoms with Crippen LogP contribution in [0.2, 0.25) is 0 Å². The number of para-hydroxylation sites is 1. The van der Waals surface area contributed by atoms with E-state index in [4.69, 9.17) is 5.26 Å². The average molecular weight is 195 g/mol. The standard InChI is InChI=1S/C13H11N2/c14-8-9-4-3-6-11-10-5-1-2-7-12(10)15-13(9)11/h1-3,5,7,9,15H,4,6H2. The highest BCUT2D eigenvalue weighted by Gasteiger charge is 2.23. The number of hydrogen-bond acceptors (Lipinski definition) is 1. The van der Waals surface area contributed by atoms with Crippen LogP contribution in [0.25, 0.3) is 10.9 Å². The number of fused-ring (bicyclic) bond motifs is 3. The Hall–Kier alpha value is -1.75. The predicted molar refractivity (Wildman–Crippen MR) is 59.3 cm³/mol. The van der Waals surface area contributed by atoms with E-state index >= 15 is 0 Å². The summed E-state index contributed by atoms with van der Waals surface area (Å²) in [6.07, 6.45) is 4.06. The maximum Gasteiger partial charge on any atom is 0.0868 e. The summed E-state index contributed by atoms with van der Waals surface area (Å²) < 4.78 is 0. The van der Waals surface area contributed by atoms with Crippen molar-refractivity contribution in [3.8, 4) is 6.07 Å². The van der Waals surface area contributed by atoms with E-state index in [-0.39, 0.29) is 5.92 Å². The zero-order valence-electron chi connectivity index (χ0n) is 8.33. The maximum absolute atomic E-state index is 9.07. The second-order valence-electron chi connectivity index (χ2n) is 3.97. The van der Waals surface area contributed by atoms with Gasteiger partial charge in [0.2, 0.25) is 0 Å². The first-order valence-electron chi connectivity index (χ1n) is 5.21. The molecule has 0 amide bonds. The molecular formula is C13H11N2. The zero-order valence-corrected chi connectivity index (χ0v) is 8.33. The van der Waals surface area contributed by atoms with Crippen LogP contribution in [0.4, 0.5) is 0 Å². The van der Waals surface area contributed by atoms with Gasteiger partial charge in [0.05, 0.1) is 12.0 Å². The molecule has 0 aliphatic heterocycles. The molecule has 2 nitrogen and oxygen atoms in total. The lowest BCUT2D eigenvalue weighted by Crippen LogP contribution is -2.07. The van der Waals surface area contributed by atoms with Gasteiger partial charge in [0.15, 0.2) is 0 Å². The molecule has 1 radical (unpaired) electrons. The van der Waals surface area contributed by atoms with Gasteiger partial charge < -0.3 is 4.98 Å². The van der Waals surface area contributed by atoms with Crippen molar-refractivity contribution in [2.24, 2.45) is 0 Å². The Morgan fingerprint density at radius 3 is 3.07 bits per heavy atom. The van der Waals surface area contributed by atoms with Crippen LogP contribution in [0.15, 0.2) is 24.3 Å². The first kappa shape index (κ1) is 8.55. The Morgan fingerprint density at radius 2 is 2.20 bits per heavy atom. The second kappa shape index (κ2) is 3.13. The summed E-state index contributed by atoms with van der Waals surface area (Å²) in [4.78, 5) is 3.37. The van der Waals surface area contributed by atoms with E-state index < -0.39 is 0 Å². The third-order valence-electron chi connectivity index (χ3n) is 3.10. The fourth-order valence-electron chi connectivity index (χ4n) is 2.37. The quantitative estimate of drug-likeness (QED) is 0.689. The number of benzene rings is 1. The fourth-order valence-corrected chi connectivity index (χ4v) is 2.37. The fraction of sp³-hybridized carbons (Fsp3) is 0.231. The number of nitrogens with one attached hydrogen (secondary N) is 1. The lowest BCUT2D eigenvalue weighted by atomic mass is 9.88.